The Kier molecular flexibility index (Phi) is 4.73. The minimum atomic E-state index is -4.09. The highest BCUT2D eigenvalue weighted by atomic mass is 32.2. The van der Waals surface area contributed by atoms with Crippen LogP contribution in [0.3, 0.4) is 0 Å². The Morgan fingerprint density at radius 2 is 2.14 bits per heavy atom. The van der Waals surface area contributed by atoms with Crippen molar-refractivity contribution in [2.75, 3.05) is 18.4 Å². The summed E-state index contributed by atoms with van der Waals surface area (Å²) in [4.78, 5) is 4.19. The van der Waals surface area contributed by atoms with Gasteiger partial charge in [-0.05, 0) is 18.6 Å². The predicted molar refractivity (Wildman–Crippen MR) is 75.2 cm³/mol. The van der Waals surface area contributed by atoms with Gasteiger partial charge < -0.3 is 5.32 Å². The van der Waals surface area contributed by atoms with E-state index in [4.69, 9.17) is 0 Å². The summed E-state index contributed by atoms with van der Waals surface area (Å²) in [5.74, 6) is 0.157. The predicted octanol–water partition coefficient (Wildman–Crippen LogP) is 1.70. The molecule has 2 aromatic rings. The van der Waals surface area contributed by atoms with Gasteiger partial charge in [-0.3, -0.25) is 4.40 Å². The Morgan fingerprint density at radius 1 is 1.38 bits per heavy atom. The van der Waals surface area contributed by atoms with Gasteiger partial charge in [0.2, 0.25) is 0 Å². The maximum absolute atomic E-state index is 12.3. The molecule has 0 saturated carbocycles. The van der Waals surface area contributed by atoms with Gasteiger partial charge in [0.05, 0.1) is 6.54 Å². The third-order valence-corrected chi connectivity index (χ3v) is 4.16. The van der Waals surface area contributed by atoms with E-state index in [0.29, 0.717) is 12.2 Å². The molecule has 0 fully saturated rings. The molecule has 0 aliphatic carbocycles. The van der Waals surface area contributed by atoms with E-state index in [9.17, 15) is 17.2 Å². The molecule has 0 unspecified atom stereocenters. The molecule has 21 heavy (non-hydrogen) atoms. The number of alkyl halides is 2. The van der Waals surface area contributed by atoms with Crippen LogP contribution in [-0.2, 0) is 10.0 Å². The number of halogens is 2. The zero-order chi connectivity index (χ0) is 15.5. The standard InChI is InChI=1S/C12H16F2N4O2S/c1-2-6-15-11-12(21(19,20)16-8-9(13)14)18-7-4-3-5-10(18)17-11/h3-5,7,9,15-16H,2,6,8H2,1H3. The van der Waals surface area contributed by atoms with Gasteiger partial charge >= 0.3 is 0 Å². The normalized spacial score (nSPS) is 12.2. The Hall–Kier alpha value is -1.74. The van der Waals surface area contributed by atoms with Crippen molar-refractivity contribution < 1.29 is 17.2 Å². The monoisotopic (exact) mass is 318 g/mol. The van der Waals surface area contributed by atoms with Gasteiger partial charge in [0, 0.05) is 12.7 Å². The summed E-state index contributed by atoms with van der Waals surface area (Å²) in [6.07, 6.45) is -0.459. The largest absolute Gasteiger partial charge is 0.368 e. The molecule has 9 heteroatoms. The molecule has 0 spiro atoms. The van der Waals surface area contributed by atoms with Gasteiger partial charge in [0.25, 0.3) is 16.4 Å². The van der Waals surface area contributed by atoms with E-state index in [-0.39, 0.29) is 10.8 Å². The molecule has 0 amide bonds. The fourth-order valence-corrected chi connectivity index (χ4v) is 3.10. The molecule has 0 aliphatic heterocycles. The van der Waals surface area contributed by atoms with Crippen LogP contribution < -0.4 is 10.0 Å². The lowest BCUT2D eigenvalue weighted by Gasteiger charge is -2.09. The van der Waals surface area contributed by atoms with Crippen LogP contribution in [0.5, 0.6) is 0 Å². The Balaban J connectivity index is 2.48. The first-order chi connectivity index (χ1) is 9.95. The smallest absolute Gasteiger partial charge is 0.260 e. The lowest BCUT2D eigenvalue weighted by Crippen LogP contribution is -2.30. The van der Waals surface area contributed by atoms with Gasteiger partial charge in [-0.25, -0.2) is 26.9 Å². The van der Waals surface area contributed by atoms with Gasteiger partial charge in [0.15, 0.2) is 10.8 Å². The molecular formula is C12H16F2N4O2S. The Bertz CT molecular complexity index is 715. The Morgan fingerprint density at radius 3 is 2.81 bits per heavy atom. The number of pyridine rings is 1. The molecule has 2 aromatic heterocycles. The van der Waals surface area contributed by atoms with Crippen LogP contribution in [-0.4, -0.2) is 37.3 Å². The number of nitrogens with one attached hydrogen (secondary N) is 2. The highest BCUT2D eigenvalue weighted by molar-refractivity contribution is 7.89. The van der Waals surface area contributed by atoms with Crippen molar-refractivity contribution >= 4 is 21.5 Å². The first kappa shape index (κ1) is 15.6. The minimum absolute atomic E-state index is 0.157. The number of rotatable bonds is 7. The first-order valence-corrected chi connectivity index (χ1v) is 7.92. The SMILES string of the molecule is CCCNc1nc2ccccn2c1S(=O)(=O)NCC(F)F. The van der Waals surface area contributed by atoms with Crippen LogP contribution in [0.2, 0.25) is 0 Å². The molecular weight excluding hydrogens is 302 g/mol. The summed E-state index contributed by atoms with van der Waals surface area (Å²) in [5, 5.41) is 2.75. The third-order valence-electron chi connectivity index (χ3n) is 2.71. The lowest BCUT2D eigenvalue weighted by atomic mass is 10.5. The molecule has 2 N–H and O–H groups in total. The molecule has 2 rings (SSSR count). The average Bonchev–Trinajstić information content (AvgIpc) is 2.82. The summed E-state index contributed by atoms with van der Waals surface area (Å²) in [6.45, 7) is 1.52. The highest BCUT2D eigenvalue weighted by Gasteiger charge is 2.25. The van der Waals surface area contributed by atoms with Crippen LogP contribution in [0, 0.1) is 0 Å². The van der Waals surface area contributed by atoms with E-state index in [1.807, 2.05) is 11.6 Å². The lowest BCUT2D eigenvalue weighted by molar-refractivity contribution is 0.153. The van der Waals surface area contributed by atoms with Crippen molar-refractivity contribution in [2.24, 2.45) is 0 Å². The van der Waals surface area contributed by atoms with E-state index in [1.54, 1.807) is 18.2 Å². The summed E-state index contributed by atoms with van der Waals surface area (Å²) in [5.41, 5.74) is 0.425. The Labute approximate surface area is 121 Å². The van der Waals surface area contributed by atoms with Crippen LogP contribution in [0.25, 0.3) is 5.65 Å². The van der Waals surface area contributed by atoms with Crippen molar-refractivity contribution in [3.63, 3.8) is 0 Å². The van der Waals surface area contributed by atoms with Crippen LogP contribution >= 0.6 is 0 Å². The summed E-state index contributed by atoms with van der Waals surface area (Å²) < 4.78 is 52.3. The zero-order valence-electron chi connectivity index (χ0n) is 11.4. The summed E-state index contributed by atoms with van der Waals surface area (Å²) in [6, 6.07) is 5.00. The highest BCUT2D eigenvalue weighted by Crippen LogP contribution is 2.22. The number of anilines is 1. The zero-order valence-corrected chi connectivity index (χ0v) is 12.2. The number of hydrogen-bond donors (Lipinski definition) is 2. The topological polar surface area (TPSA) is 75.5 Å². The van der Waals surface area contributed by atoms with Gasteiger partial charge in [-0.15, -0.1) is 0 Å². The van der Waals surface area contributed by atoms with E-state index in [0.717, 1.165) is 6.42 Å². The number of hydrogen-bond acceptors (Lipinski definition) is 4. The van der Waals surface area contributed by atoms with Crippen LogP contribution in [0.15, 0.2) is 29.4 Å². The molecule has 0 bridgehead atoms. The minimum Gasteiger partial charge on any atom is -0.368 e. The van der Waals surface area contributed by atoms with Crippen LogP contribution in [0.4, 0.5) is 14.6 Å². The van der Waals surface area contributed by atoms with Crippen molar-refractivity contribution in [1.82, 2.24) is 14.1 Å². The maximum Gasteiger partial charge on any atom is 0.260 e. The van der Waals surface area contributed by atoms with E-state index >= 15 is 0 Å². The average molecular weight is 318 g/mol. The second kappa shape index (κ2) is 6.35. The maximum atomic E-state index is 12.3. The van der Waals surface area contributed by atoms with Crippen molar-refractivity contribution in [3.05, 3.63) is 24.4 Å². The third kappa shape index (κ3) is 3.48. The molecule has 6 nitrogen and oxygen atoms in total. The van der Waals surface area contributed by atoms with Crippen molar-refractivity contribution in [1.29, 1.82) is 0 Å². The molecule has 116 valence electrons. The number of sulfonamides is 1. The molecule has 0 aliphatic rings. The van der Waals surface area contributed by atoms with E-state index < -0.39 is 23.0 Å². The molecule has 0 aromatic carbocycles. The van der Waals surface area contributed by atoms with Crippen LogP contribution in [0.1, 0.15) is 13.3 Å². The second-order valence-electron chi connectivity index (χ2n) is 4.36. The number of fused-ring (bicyclic) bond motifs is 1. The van der Waals surface area contributed by atoms with Gasteiger partial charge in [-0.2, -0.15) is 0 Å². The summed E-state index contributed by atoms with van der Waals surface area (Å²) in [7, 11) is -4.09. The van der Waals surface area contributed by atoms with E-state index in [2.05, 4.69) is 10.3 Å². The molecule has 0 atom stereocenters. The van der Waals surface area contributed by atoms with Crippen molar-refractivity contribution in [3.8, 4) is 0 Å². The fourth-order valence-electron chi connectivity index (χ4n) is 1.83. The molecule has 2 heterocycles. The fraction of sp³-hybridized carbons (Fsp3) is 0.417. The molecule has 0 saturated heterocycles. The number of nitrogens with zero attached hydrogens (tertiary/aromatic N) is 2. The second-order valence-corrected chi connectivity index (χ2v) is 6.05. The number of aromatic nitrogens is 2. The molecule has 0 radical (unpaired) electrons. The number of imidazole rings is 1. The van der Waals surface area contributed by atoms with Gasteiger partial charge in [0.1, 0.15) is 5.65 Å². The van der Waals surface area contributed by atoms with Crippen molar-refractivity contribution in [2.45, 2.75) is 24.8 Å². The van der Waals surface area contributed by atoms with Gasteiger partial charge in [-0.1, -0.05) is 13.0 Å². The first-order valence-electron chi connectivity index (χ1n) is 6.44. The van der Waals surface area contributed by atoms with E-state index in [1.165, 1.54) is 10.6 Å². The summed E-state index contributed by atoms with van der Waals surface area (Å²) >= 11 is 0. The quantitative estimate of drug-likeness (QED) is 0.815.